The number of amides is 1. The number of benzene rings is 1. The van der Waals surface area contributed by atoms with E-state index in [1.165, 1.54) is 42.4 Å². The van der Waals surface area contributed by atoms with E-state index in [9.17, 15) is 4.79 Å². The number of rotatable bonds is 4. The van der Waals surface area contributed by atoms with Gasteiger partial charge in [0.25, 0.3) is 0 Å². The van der Waals surface area contributed by atoms with Crippen molar-refractivity contribution < 1.29 is 9.53 Å². The molecule has 1 saturated heterocycles. The second-order valence-electron chi connectivity index (χ2n) is 5.99. The summed E-state index contributed by atoms with van der Waals surface area (Å²) < 4.78 is 7.02. The molecule has 0 bridgehead atoms. The zero-order valence-electron chi connectivity index (χ0n) is 14.3. The van der Waals surface area contributed by atoms with Crippen LogP contribution in [0.25, 0.3) is 10.2 Å². The third-order valence-electron chi connectivity index (χ3n) is 4.21. The molecule has 3 rings (SSSR count). The number of hydrogen-bond acceptors (Lipinski definition) is 6. The maximum absolute atomic E-state index is 12.2. The van der Waals surface area contributed by atoms with Crippen LogP contribution in [0.15, 0.2) is 18.2 Å². The van der Waals surface area contributed by atoms with Crippen molar-refractivity contribution >= 4 is 60.9 Å². The van der Waals surface area contributed by atoms with Crippen LogP contribution in [0.5, 0.6) is 5.75 Å². The predicted octanol–water partition coefficient (Wildman–Crippen LogP) is 4.14. The Hall–Kier alpha value is -1.38. The summed E-state index contributed by atoms with van der Waals surface area (Å²) in [7, 11) is 1.63. The second kappa shape index (κ2) is 8.33. The second-order valence-corrected chi connectivity index (χ2v) is 8.63. The van der Waals surface area contributed by atoms with Gasteiger partial charge in [0, 0.05) is 12.6 Å². The highest BCUT2D eigenvalue weighted by Crippen LogP contribution is 2.29. The molecule has 1 amide bonds. The van der Waals surface area contributed by atoms with Crippen molar-refractivity contribution in [2.24, 2.45) is 0 Å². The van der Waals surface area contributed by atoms with E-state index in [2.05, 4.69) is 22.1 Å². The summed E-state index contributed by atoms with van der Waals surface area (Å²) in [5, 5.41) is 3.47. The van der Waals surface area contributed by atoms with E-state index in [0.717, 1.165) is 26.8 Å². The molecule has 1 fully saturated rings. The molecule has 1 atom stereocenters. The van der Waals surface area contributed by atoms with Crippen LogP contribution < -0.4 is 10.1 Å². The number of methoxy groups -OCH3 is 1. The monoisotopic (exact) mass is 395 g/mol. The molecule has 1 N–H and O–H groups in total. The fourth-order valence-electron chi connectivity index (χ4n) is 2.82. The summed E-state index contributed by atoms with van der Waals surface area (Å²) >= 11 is 8.37. The molecule has 1 aliphatic heterocycles. The number of piperidine rings is 1. The van der Waals surface area contributed by atoms with Gasteiger partial charge in [-0.3, -0.25) is 4.79 Å². The smallest absolute Gasteiger partial charge is 0.236 e. The van der Waals surface area contributed by atoms with Gasteiger partial charge < -0.3 is 15.0 Å². The van der Waals surface area contributed by atoms with Gasteiger partial charge in [-0.15, -0.1) is 0 Å². The summed E-state index contributed by atoms with van der Waals surface area (Å²) in [6.45, 7) is 3.19. The minimum absolute atomic E-state index is 0.0805. The van der Waals surface area contributed by atoms with Crippen molar-refractivity contribution in [1.82, 2.24) is 9.88 Å². The Morgan fingerprint density at radius 2 is 2.36 bits per heavy atom. The molecule has 1 aliphatic rings. The zero-order chi connectivity index (χ0) is 17.8. The fourth-order valence-corrected chi connectivity index (χ4v) is 4.94. The molecule has 0 radical (unpaired) electrons. The molecule has 2 heterocycles. The minimum Gasteiger partial charge on any atom is -0.497 e. The number of ether oxygens (including phenoxy) is 1. The van der Waals surface area contributed by atoms with Gasteiger partial charge in [-0.1, -0.05) is 35.3 Å². The number of carbonyl (C=O) groups is 1. The van der Waals surface area contributed by atoms with Crippen LogP contribution in [-0.2, 0) is 4.79 Å². The molecule has 5 nitrogen and oxygen atoms in total. The highest BCUT2D eigenvalue weighted by molar-refractivity contribution is 8.23. The van der Waals surface area contributed by atoms with Gasteiger partial charge in [-0.05, 0) is 44.4 Å². The van der Waals surface area contributed by atoms with Crippen molar-refractivity contribution in [2.75, 3.05) is 24.7 Å². The predicted molar refractivity (Wildman–Crippen MR) is 110 cm³/mol. The van der Waals surface area contributed by atoms with Gasteiger partial charge in [0.2, 0.25) is 5.91 Å². The SMILES string of the molecule is COc1ccc2nc(NC(=O)CSC(=S)N3CCCC[C@H]3C)sc2c1. The van der Waals surface area contributed by atoms with Gasteiger partial charge >= 0.3 is 0 Å². The number of thiocarbonyl (C=S) groups is 1. The number of anilines is 1. The lowest BCUT2D eigenvalue weighted by atomic mass is 10.1. The number of thiazole rings is 1. The van der Waals surface area contributed by atoms with E-state index in [4.69, 9.17) is 17.0 Å². The molecule has 0 aliphatic carbocycles. The fraction of sp³-hybridized carbons (Fsp3) is 0.471. The molecule has 25 heavy (non-hydrogen) atoms. The number of nitrogens with one attached hydrogen (secondary N) is 1. The van der Waals surface area contributed by atoms with Crippen molar-refractivity contribution in [1.29, 1.82) is 0 Å². The highest BCUT2D eigenvalue weighted by Gasteiger charge is 2.21. The normalized spacial score (nSPS) is 17.5. The first kappa shape index (κ1) is 18.4. The van der Waals surface area contributed by atoms with Gasteiger partial charge in [-0.25, -0.2) is 4.98 Å². The van der Waals surface area contributed by atoms with E-state index >= 15 is 0 Å². The Morgan fingerprint density at radius 1 is 1.52 bits per heavy atom. The summed E-state index contributed by atoms with van der Waals surface area (Å²) in [4.78, 5) is 18.9. The van der Waals surface area contributed by atoms with Crippen LogP contribution in [0.1, 0.15) is 26.2 Å². The first-order valence-electron chi connectivity index (χ1n) is 8.24. The lowest BCUT2D eigenvalue weighted by Gasteiger charge is -2.34. The van der Waals surface area contributed by atoms with Gasteiger partial charge in [0.1, 0.15) is 10.1 Å². The molecule has 1 aromatic carbocycles. The molecule has 134 valence electrons. The number of nitrogens with zero attached hydrogens (tertiary/aromatic N) is 2. The summed E-state index contributed by atoms with van der Waals surface area (Å²) in [6.07, 6.45) is 3.60. The molecule has 0 unspecified atom stereocenters. The highest BCUT2D eigenvalue weighted by atomic mass is 32.2. The quantitative estimate of drug-likeness (QED) is 0.786. The number of carbonyl (C=O) groups excluding carboxylic acids is 1. The van der Waals surface area contributed by atoms with Crippen LogP contribution in [0.3, 0.4) is 0 Å². The average Bonchev–Trinajstić information content (AvgIpc) is 3.01. The van der Waals surface area contributed by atoms with E-state index < -0.39 is 0 Å². The Labute approximate surface area is 161 Å². The number of thioether (sulfide) groups is 1. The molecule has 0 spiro atoms. The van der Waals surface area contributed by atoms with E-state index in [0.29, 0.717) is 16.9 Å². The lowest BCUT2D eigenvalue weighted by molar-refractivity contribution is -0.113. The van der Waals surface area contributed by atoms with Crippen LogP contribution in [0, 0.1) is 0 Å². The van der Waals surface area contributed by atoms with E-state index in [1.54, 1.807) is 7.11 Å². The third-order valence-corrected chi connectivity index (χ3v) is 6.62. The maximum atomic E-state index is 12.2. The van der Waals surface area contributed by atoms with Crippen molar-refractivity contribution in [3.05, 3.63) is 18.2 Å². The zero-order valence-corrected chi connectivity index (χ0v) is 16.7. The Morgan fingerprint density at radius 3 is 3.12 bits per heavy atom. The van der Waals surface area contributed by atoms with Crippen LogP contribution in [0.4, 0.5) is 5.13 Å². The Kier molecular flexibility index (Phi) is 6.14. The van der Waals surface area contributed by atoms with Gasteiger partial charge in [0.15, 0.2) is 5.13 Å². The van der Waals surface area contributed by atoms with Crippen molar-refractivity contribution in [2.45, 2.75) is 32.2 Å². The van der Waals surface area contributed by atoms with E-state index in [1.807, 2.05) is 18.2 Å². The van der Waals surface area contributed by atoms with E-state index in [-0.39, 0.29) is 5.91 Å². The number of likely N-dealkylation sites (tertiary alicyclic amines) is 1. The molecule has 0 saturated carbocycles. The lowest BCUT2D eigenvalue weighted by Crippen LogP contribution is -2.40. The molecule has 1 aromatic heterocycles. The van der Waals surface area contributed by atoms with Gasteiger partial charge in [0.05, 0.1) is 23.1 Å². The molecular formula is C17H21N3O2S3. The molecular weight excluding hydrogens is 374 g/mol. The summed E-state index contributed by atoms with van der Waals surface area (Å²) in [5.74, 6) is 1.01. The third kappa shape index (κ3) is 4.62. The first-order valence-corrected chi connectivity index (χ1v) is 10.5. The van der Waals surface area contributed by atoms with Crippen LogP contribution >= 0.6 is 35.3 Å². The first-order chi connectivity index (χ1) is 12.1. The maximum Gasteiger partial charge on any atom is 0.236 e. The largest absolute Gasteiger partial charge is 0.497 e. The Balaban J connectivity index is 1.54. The van der Waals surface area contributed by atoms with Crippen molar-refractivity contribution in [3.63, 3.8) is 0 Å². The molecule has 8 heteroatoms. The summed E-state index contributed by atoms with van der Waals surface area (Å²) in [6, 6.07) is 6.14. The minimum atomic E-state index is -0.0805. The van der Waals surface area contributed by atoms with Crippen LogP contribution in [0.2, 0.25) is 0 Å². The van der Waals surface area contributed by atoms with Crippen LogP contribution in [-0.4, -0.2) is 45.6 Å². The topological polar surface area (TPSA) is 54.5 Å². The van der Waals surface area contributed by atoms with Crippen molar-refractivity contribution in [3.8, 4) is 5.75 Å². The number of hydrogen-bond donors (Lipinski definition) is 1. The number of aromatic nitrogens is 1. The standard InChI is InChI=1S/C17H21N3O2S3/c1-11-5-3-4-8-20(11)17(23)24-10-15(21)19-16-18-13-7-6-12(22-2)9-14(13)25-16/h6-7,9,11H,3-5,8,10H2,1-2H3,(H,18,19,21)/t11-/m1/s1. The number of fused-ring (bicyclic) bond motifs is 1. The Bertz CT molecular complexity index is 778. The summed E-state index contributed by atoms with van der Waals surface area (Å²) in [5.41, 5.74) is 0.853. The molecule has 2 aromatic rings. The van der Waals surface area contributed by atoms with Gasteiger partial charge in [-0.2, -0.15) is 0 Å². The average molecular weight is 396 g/mol.